The average molecular weight is 308 g/mol. The molecule has 0 bridgehead atoms. The molecule has 1 aromatic carbocycles. The highest BCUT2D eigenvalue weighted by molar-refractivity contribution is 6.33. The Bertz CT molecular complexity index is 623. The van der Waals surface area contributed by atoms with E-state index in [9.17, 15) is 9.90 Å². The van der Waals surface area contributed by atoms with Crippen molar-refractivity contribution in [2.45, 2.75) is 26.4 Å². The molecule has 0 aliphatic carbocycles. The molecule has 112 valence electrons. The lowest BCUT2D eigenvalue weighted by atomic mass is 10.2. The smallest absolute Gasteiger partial charge is 0.256 e. The number of benzene rings is 1. The van der Waals surface area contributed by atoms with E-state index in [-0.39, 0.29) is 11.1 Å². The molecule has 21 heavy (non-hydrogen) atoms. The van der Waals surface area contributed by atoms with Crippen molar-refractivity contribution in [2.75, 3.05) is 6.54 Å². The Kier molecular flexibility index (Phi) is 4.98. The number of halogens is 1. The molecule has 1 atom stereocenters. The lowest BCUT2D eigenvalue weighted by molar-refractivity contribution is 0.0945. The summed E-state index contributed by atoms with van der Waals surface area (Å²) in [5, 5.41) is 16.5. The Hall–Kier alpha value is -1.85. The van der Waals surface area contributed by atoms with Gasteiger partial charge in [-0.1, -0.05) is 29.8 Å². The van der Waals surface area contributed by atoms with Crippen LogP contribution in [0.5, 0.6) is 0 Å². The minimum Gasteiger partial charge on any atom is -0.393 e. The second kappa shape index (κ2) is 6.74. The molecule has 0 spiro atoms. The summed E-state index contributed by atoms with van der Waals surface area (Å²) >= 11 is 6.29. The topological polar surface area (TPSA) is 67.2 Å². The molecule has 0 aliphatic rings. The first kappa shape index (κ1) is 15.5. The lowest BCUT2D eigenvalue weighted by Gasteiger charge is -2.07. The lowest BCUT2D eigenvalue weighted by Crippen LogP contribution is -2.27. The summed E-state index contributed by atoms with van der Waals surface area (Å²) < 4.78 is 1.54. The fourth-order valence-electron chi connectivity index (χ4n) is 1.98. The third-order valence-electron chi connectivity index (χ3n) is 3.08. The number of aryl methyl sites for hydroxylation is 1. The molecule has 1 aromatic heterocycles. The molecule has 1 unspecified atom stereocenters. The van der Waals surface area contributed by atoms with Gasteiger partial charge in [-0.2, -0.15) is 5.10 Å². The molecule has 5 nitrogen and oxygen atoms in total. The van der Waals surface area contributed by atoms with Crippen LogP contribution in [-0.2, 0) is 0 Å². The van der Waals surface area contributed by atoms with Gasteiger partial charge in [0, 0.05) is 6.54 Å². The van der Waals surface area contributed by atoms with Crippen molar-refractivity contribution >= 4 is 17.5 Å². The van der Waals surface area contributed by atoms with E-state index in [1.165, 1.54) is 0 Å². The van der Waals surface area contributed by atoms with Gasteiger partial charge in [0.05, 0.1) is 23.0 Å². The minimum absolute atomic E-state index is 0.277. The Balaban J connectivity index is 2.22. The molecule has 0 saturated heterocycles. The molecular weight excluding hydrogens is 290 g/mol. The summed E-state index contributed by atoms with van der Waals surface area (Å²) in [6, 6.07) is 9.40. The van der Waals surface area contributed by atoms with Crippen LogP contribution in [0.15, 0.2) is 30.3 Å². The second-order valence-corrected chi connectivity index (χ2v) is 5.25. The molecule has 1 heterocycles. The standard InChI is InChI=1S/C15H18ClN3O2/c1-10(20)8-9-17-15(21)13-11(2)18-19(14(13)16)12-6-4-3-5-7-12/h3-7,10,20H,8-9H2,1-2H3,(H,17,21). The van der Waals surface area contributed by atoms with Crippen LogP contribution in [0, 0.1) is 6.92 Å². The van der Waals surface area contributed by atoms with Crippen LogP contribution < -0.4 is 5.32 Å². The molecule has 0 fully saturated rings. The van der Waals surface area contributed by atoms with Gasteiger partial charge in [-0.15, -0.1) is 0 Å². The van der Waals surface area contributed by atoms with Crippen molar-refractivity contribution in [3.8, 4) is 5.69 Å². The molecule has 0 radical (unpaired) electrons. The van der Waals surface area contributed by atoms with E-state index < -0.39 is 6.10 Å². The van der Waals surface area contributed by atoms with Crippen molar-refractivity contribution in [2.24, 2.45) is 0 Å². The Labute approximate surface area is 128 Å². The molecule has 6 heteroatoms. The SMILES string of the molecule is Cc1nn(-c2ccccc2)c(Cl)c1C(=O)NCCC(C)O. The van der Waals surface area contributed by atoms with Crippen LogP contribution in [0.2, 0.25) is 5.15 Å². The van der Waals surface area contributed by atoms with Gasteiger partial charge in [-0.25, -0.2) is 4.68 Å². The van der Waals surface area contributed by atoms with Gasteiger partial charge < -0.3 is 10.4 Å². The van der Waals surface area contributed by atoms with Crippen molar-refractivity contribution in [1.29, 1.82) is 0 Å². The number of nitrogens with one attached hydrogen (secondary N) is 1. The number of aromatic nitrogens is 2. The summed E-state index contributed by atoms with van der Waals surface area (Å²) in [6.07, 6.45) is 0.0452. The summed E-state index contributed by atoms with van der Waals surface area (Å²) in [5.74, 6) is -0.277. The first-order valence-electron chi connectivity index (χ1n) is 6.77. The highest BCUT2D eigenvalue weighted by Gasteiger charge is 2.20. The normalized spacial score (nSPS) is 12.2. The van der Waals surface area contributed by atoms with E-state index in [1.807, 2.05) is 30.3 Å². The molecule has 0 aliphatic heterocycles. The number of amides is 1. The van der Waals surface area contributed by atoms with E-state index in [0.29, 0.717) is 24.2 Å². The van der Waals surface area contributed by atoms with Crippen LogP contribution in [0.4, 0.5) is 0 Å². The van der Waals surface area contributed by atoms with Crippen molar-refractivity contribution < 1.29 is 9.90 Å². The maximum Gasteiger partial charge on any atom is 0.256 e. The number of para-hydroxylation sites is 1. The summed E-state index contributed by atoms with van der Waals surface area (Å²) in [5.41, 5.74) is 1.73. The first-order valence-corrected chi connectivity index (χ1v) is 7.15. The van der Waals surface area contributed by atoms with Crippen molar-refractivity contribution in [1.82, 2.24) is 15.1 Å². The molecular formula is C15H18ClN3O2. The average Bonchev–Trinajstić information content (AvgIpc) is 2.74. The number of carbonyl (C=O) groups is 1. The maximum atomic E-state index is 12.2. The van der Waals surface area contributed by atoms with Gasteiger partial charge in [0.1, 0.15) is 5.15 Å². The van der Waals surface area contributed by atoms with Gasteiger partial charge in [-0.05, 0) is 32.4 Å². The number of carbonyl (C=O) groups excluding carboxylic acids is 1. The second-order valence-electron chi connectivity index (χ2n) is 4.89. The Morgan fingerprint density at radius 1 is 1.43 bits per heavy atom. The monoisotopic (exact) mass is 307 g/mol. The predicted molar refractivity (Wildman–Crippen MR) is 81.9 cm³/mol. The molecule has 2 N–H and O–H groups in total. The van der Waals surface area contributed by atoms with E-state index in [1.54, 1.807) is 18.5 Å². The zero-order valence-corrected chi connectivity index (χ0v) is 12.8. The molecule has 2 rings (SSSR count). The zero-order chi connectivity index (χ0) is 15.4. The van der Waals surface area contributed by atoms with E-state index in [4.69, 9.17) is 11.6 Å². The van der Waals surface area contributed by atoms with E-state index in [2.05, 4.69) is 10.4 Å². The quantitative estimate of drug-likeness (QED) is 0.891. The maximum absolute atomic E-state index is 12.2. The summed E-state index contributed by atoms with van der Waals surface area (Å²) in [6.45, 7) is 3.81. The highest BCUT2D eigenvalue weighted by Crippen LogP contribution is 2.23. The zero-order valence-electron chi connectivity index (χ0n) is 12.0. The van der Waals surface area contributed by atoms with E-state index in [0.717, 1.165) is 5.69 Å². The molecule has 0 saturated carbocycles. The number of aliphatic hydroxyl groups excluding tert-OH is 1. The largest absolute Gasteiger partial charge is 0.393 e. The fourth-order valence-corrected chi connectivity index (χ4v) is 2.34. The number of hydrogen-bond acceptors (Lipinski definition) is 3. The third kappa shape index (κ3) is 3.62. The predicted octanol–water partition coefficient (Wildman–Crippen LogP) is 2.33. The van der Waals surface area contributed by atoms with E-state index >= 15 is 0 Å². The van der Waals surface area contributed by atoms with Crippen LogP contribution >= 0.6 is 11.6 Å². The first-order chi connectivity index (χ1) is 10.0. The summed E-state index contributed by atoms with van der Waals surface area (Å²) in [7, 11) is 0. The minimum atomic E-state index is -0.450. The van der Waals surface area contributed by atoms with Gasteiger partial charge in [-0.3, -0.25) is 4.79 Å². The fraction of sp³-hybridized carbons (Fsp3) is 0.333. The molecule has 1 amide bonds. The van der Waals surface area contributed by atoms with Gasteiger partial charge in [0.15, 0.2) is 0 Å². The van der Waals surface area contributed by atoms with Crippen LogP contribution in [0.25, 0.3) is 5.69 Å². The van der Waals surface area contributed by atoms with Crippen LogP contribution in [-0.4, -0.2) is 33.4 Å². The Morgan fingerprint density at radius 3 is 2.71 bits per heavy atom. The third-order valence-corrected chi connectivity index (χ3v) is 3.43. The number of aliphatic hydroxyl groups is 1. The van der Waals surface area contributed by atoms with Gasteiger partial charge in [0.2, 0.25) is 0 Å². The van der Waals surface area contributed by atoms with Crippen molar-refractivity contribution in [3.05, 3.63) is 46.7 Å². The highest BCUT2D eigenvalue weighted by atomic mass is 35.5. The number of rotatable bonds is 5. The number of hydrogen-bond donors (Lipinski definition) is 2. The molecule has 2 aromatic rings. The number of nitrogens with zero attached hydrogens (tertiary/aromatic N) is 2. The van der Waals surface area contributed by atoms with Crippen LogP contribution in [0.1, 0.15) is 29.4 Å². The Morgan fingerprint density at radius 2 is 2.10 bits per heavy atom. The van der Waals surface area contributed by atoms with Gasteiger partial charge >= 0.3 is 0 Å². The van der Waals surface area contributed by atoms with Crippen LogP contribution in [0.3, 0.4) is 0 Å². The van der Waals surface area contributed by atoms with Gasteiger partial charge in [0.25, 0.3) is 5.91 Å². The summed E-state index contributed by atoms with van der Waals surface area (Å²) in [4.78, 5) is 12.2. The van der Waals surface area contributed by atoms with Crippen molar-refractivity contribution in [3.63, 3.8) is 0 Å².